The third kappa shape index (κ3) is 4.39. The van der Waals surface area contributed by atoms with Gasteiger partial charge in [0.15, 0.2) is 0 Å². The van der Waals surface area contributed by atoms with Gasteiger partial charge in [0.2, 0.25) is 0 Å². The van der Waals surface area contributed by atoms with Crippen molar-refractivity contribution in [1.82, 2.24) is 4.90 Å². The summed E-state index contributed by atoms with van der Waals surface area (Å²) in [5.74, 6) is -4.31. The van der Waals surface area contributed by atoms with Crippen LogP contribution in [0.15, 0.2) is 30.3 Å². The summed E-state index contributed by atoms with van der Waals surface area (Å²) < 4.78 is 49.1. The molecule has 5 nitrogen and oxygen atoms in total. The number of ether oxygens (including phenoxy) is 2. The number of carbonyl (C=O) groups excluding carboxylic acids is 2. The first-order chi connectivity index (χ1) is 11.3. The summed E-state index contributed by atoms with van der Waals surface area (Å²) in [7, 11) is 0. The first kappa shape index (κ1) is 18.1. The van der Waals surface area contributed by atoms with Crippen molar-refractivity contribution < 1.29 is 32.2 Å². The van der Waals surface area contributed by atoms with Crippen molar-refractivity contribution in [2.75, 3.05) is 19.7 Å². The molecule has 1 aliphatic heterocycles. The lowest BCUT2D eigenvalue weighted by Crippen LogP contribution is -2.35. The smallest absolute Gasteiger partial charge is 0.410 e. The van der Waals surface area contributed by atoms with Crippen molar-refractivity contribution in [3.05, 3.63) is 35.9 Å². The van der Waals surface area contributed by atoms with E-state index in [1.54, 1.807) is 30.3 Å². The van der Waals surface area contributed by atoms with Gasteiger partial charge in [0.05, 0.1) is 18.4 Å². The molecule has 0 aliphatic carbocycles. The minimum absolute atomic E-state index is 0.0155. The zero-order valence-electron chi connectivity index (χ0n) is 13.1. The van der Waals surface area contributed by atoms with Crippen LogP contribution in [0.2, 0.25) is 0 Å². The average molecular weight is 345 g/mol. The van der Waals surface area contributed by atoms with Crippen LogP contribution in [0.4, 0.5) is 18.0 Å². The van der Waals surface area contributed by atoms with Crippen LogP contribution < -0.4 is 0 Å². The number of halogens is 3. The summed E-state index contributed by atoms with van der Waals surface area (Å²) in [6, 6.07) is 8.78. The number of carbonyl (C=O) groups is 2. The van der Waals surface area contributed by atoms with Gasteiger partial charge in [0.1, 0.15) is 6.61 Å². The molecule has 2 atom stereocenters. The Labute approximate surface area is 137 Å². The molecule has 0 bridgehead atoms. The maximum Gasteiger partial charge on any atom is 0.410 e. The molecule has 132 valence electrons. The Balaban J connectivity index is 2.00. The molecule has 0 saturated carbocycles. The first-order valence-electron chi connectivity index (χ1n) is 7.52. The third-order valence-electron chi connectivity index (χ3n) is 3.79. The van der Waals surface area contributed by atoms with Gasteiger partial charge < -0.3 is 14.4 Å². The van der Waals surface area contributed by atoms with Crippen molar-refractivity contribution in [2.24, 2.45) is 11.8 Å². The van der Waals surface area contributed by atoms with Crippen LogP contribution in [0.1, 0.15) is 12.5 Å². The lowest BCUT2D eigenvalue weighted by molar-refractivity contribution is -0.189. The summed E-state index contributed by atoms with van der Waals surface area (Å²) >= 11 is 0. The highest BCUT2D eigenvalue weighted by Crippen LogP contribution is 2.38. The molecule has 1 aromatic rings. The van der Waals surface area contributed by atoms with E-state index in [2.05, 4.69) is 0 Å². The minimum atomic E-state index is -4.59. The number of alkyl halides is 3. The zero-order chi connectivity index (χ0) is 17.7. The van der Waals surface area contributed by atoms with Crippen LogP contribution in [-0.2, 0) is 20.9 Å². The minimum Gasteiger partial charge on any atom is -0.466 e. The van der Waals surface area contributed by atoms with E-state index in [0.29, 0.717) is 0 Å². The van der Waals surface area contributed by atoms with Gasteiger partial charge in [-0.05, 0) is 12.5 Å². The van der Waals surface area contributed by atoms with Gasteiger partial charge >= 0.3 is 18.2 Å². The number of amides is 1. The number of nitrogens with zero attached hydrogens (tertiary/aromatic N) is 1. The molecule has 0 spiro atoms. The Bertz CT molecular complexity index is 576. The van der Waals surface area contributed by atoms with E-state index >= 15 is 0 Å². The molecule has 0 radical (unpaired) electrons. The Morgan fingerprint density at radius 2 is 1.83 bits per heavy atom. The van der Waals surface area contributed by atoms with Gasteiger partial charge in [-0.15, -0.1) is 0 Å². The number of rotatable bonds is 4. The van der Waals surface area contributed by atoms with Gasteiger partial charge in [-0.25, -0.2) is 4.79 Å². The van der Waals surface area contributed by atoms with E-state index in [1.807, 2.05) is 0 Å². The largest absolute Gasteiger partial charge is 0.466 e. The fraction of sp³-hybridized carbons (Fsp3) is 0.500. The molecule has 1 aromatic carbocycles. The molecule has 24 heavy (non-hydrogen) atoms. The molecule has 1 aliphatic rings. The van der Waals surface area contributed by atoms with E-state index in [0.717, 1.165) is 10.5 Å². The molecule has 2 rings (SSSR count). The summed E-state index contributed by atoms with van der Waals surface area (Å²) in [6.45, 7) is 0.480. The number of benzene rings is 1. The normalized spacial score (nSPS) is 20.8. The Morgan fingerprint density at radius 1 is 1.17 bits per heavy atom. The second-order valence-electron chi connectivity index (χ2n) is 5.45. The number of hydrogen-bond acceptors (Lipinski definition) is 4. The van der Waals surface area contributed by atoms with Gasteiger partial charge in [-0.2, -0.15) is 13.2 Å². The number of esters is 1. The lowest BCUT2D eigenvalue weighted by atomic mass is 9.96. The Morgan fingerprint density at radius 3 is 2.42 bits per heavy atom. The molecule has 1 fully saturated rings. The maximum absolute atomic E-state index is 13.1. The first-order valence-corrected chi connectivity index (χ1v) is 7.52. The lowest BCUT2D eigenvalue weighted by Gasteiger charge is -2.19. The van der Waals surface area contributed by atoms with Crippen LogP contribution in [0.5, 0.6) is 0 Å². The van der Waals surface area contributed by atoms with Gasteiger partial charge in [0, 0.05) is 13.1 Å². The van der Waals surface area contributed by atoms with Crippen molar-refractivity contribution in [3.8, 4) is 0 Å². The van der Waals surface area contributed by atoms with Gasteiger partial charge in [0.25, 0.3) is 0 Å². The van der Waals surface area contributed by atoms with Crippen molar-refractivity contribution >= 4 is 12.1 Å². The highest BCUT2D eigenvalue weighted by molar-refractivity contribution is 5.76. The summed E-state index contributed by atoms with van der Waals surface area (Å²) in [6.07, 6.45) is -5.47. The monoisotopic (exact) mass is 345 g/mol. The van der Waals surface area contributed by atoms with Crippen LogP contribution >= 0.6 is 0 Å². The molecule has 0 unspecified atom stereocenters. The van der Waals surface area contributed by atoms with Crippen LogP contribution in [0.3, 0.4) is 0 Å². The molecular formula is C16H18F3NO4. The predicted molar refractivity (Wildman–Crippen MR) is 77.9 cm³/mol. The molecular weight excluding hydrogens is 327 g/mol. The summed E-state index contributed by atoms with van der Waals surface area (Å²) in [5, 5.41) is 0. The Kier molecular flexibility index (Phi) is 5.69. The molecule has 0 aromatic heterocycles. The molecule has 1 heterocycles. The van der Waals surface area contributed by atoms with Gasteiger partial charge in [-0.1, -0.05) is 30.3 Å². The topological polar surface area (TPSA) is 55.8 Å². The standard InChI is InChI=1S/C16H18F3NO4/c1-2-23-14(21)12-8-20(9-13(12)16(17,18)19)15(22)24-10-11-6-4-3-5-7-11/h3-7,12-13H,2,8-10H2,1H3/t12-,13-/m0/s1. The fourth-order valence-electron chi connectivity index (χ4n) is 2.58. The molecule has 1 saturated heterocycles. The molecule has 1 amide bonds. The van der Waals surface area contributed by atoms with E-state index in [1.165, 1.54) is 6.92 Å². The number of likely N-dealkylation sites (tertiary alicyclic amines) is 1. The van der Waals surface area contributed by atoms with Crippen molar-refractivity contribution in [2.45, 2.75) is 19.7 Å². The third-order valence-corrected chi connectivity index (χ3v) is 3.79. The van der Waals surface area contributed by atoms with Crippen LogP contribution in [0.25, 0.3) is 0 Å². The predicted octanol–water partition coefficient (Wildman–Crippen LogP) is 3.00. The molecule has 0 N–H and O–H groups in total. The van der Waals surface area contributed by atoms with Gasteiger partial charge in [-0.3, -0.25) is 4.79 Å². The van der Waals surface area contributed by atoms with E-state index in [9.17, 15) is 22.8 Å². The quantitative estimate of drug-likeness (QED) is 0.787. The summed E-state index contributed by atoms with van der Waals surface area (Å²) in [4.78, 5) is 24.7. The highest BCUT2D eigenvalue weighted by Gasteiger charge is 2.54. The van der Waals surface area contributed by atoms with E-state index in [-0.39, 0.29) is 19.8 Å². The average Bonchev–Trinajstić information content (AvgIpc) is 2.99. The summed E-state index contributed by atoms with van der Waals surface area (Å²) in [5.41, 5.74) is 0.722. The second-order valence-corrected chi connectivity index (χ2v) is 5.45. The van der Waals surface area contributed by atoms with E-state index < -0.39 is 36.6 Å². The van der Waals surface area contributed by atoms with E-state index in [4.69, 9.17) is 9.47 Å². The van der Waals surface area contributed by atoms with Crippen molar-refractivity contribution in [3.63, 3.8) is 0 Å². The molecule has 8 heteroatoms. The SMILES string of the molecule is CCOC(=O)[C@H]1CN(C(=O)OCc2ccccc2)C[C@@H]1C(F)(F)F. The van der Waals surface area contributed by atoms with Crippen molar-refractivity contribution in [1.29, 1.82) is 0 Å². The number of hydrogen-bond donors (Lipinski definition) is 0. The maximum atomic E-state index is 13.1. The van der Waals surface area contributed by atoms with Crippen LogP contribution in [-0.4, -0.2) is 42.8 Å². The second kappa shape index (κ2) is 7.55. The Hall–Kier alpha value is -2.25. The highest BCUT2D eigenvalue weighted by atomic mass is 19.4. The fourth-order valence-corrected chi connectivity index (χ4v) is 2.58. The van der Waals surface area contributed by atoms with Crippen LogP contribution in [0, 0.1) is 11.8 Å². The zero-order valence-corrected chi connectivity index (χ0v) is 13.1.